The van der Waals surface area contributed by atoms with E-state index in [-0.39, 0.29) is 18.1 Å². The van der Waals surface area contributed by atoms with Crippen molar-refractivity contribution in [2.45, 2.75) is 88.6 Å². The zero-order chi connectivity index (χ0) is 18.7. The van der Waals surface area contributed by atoms with Gasteiger partial charge in [0.25, 0.3) is 0 Å². The van der Waals surface area contributed by atoms with Gasteiger partial charge < -0.3 is 15.6 Å². The number of nitrogens with zero attached hydrogens (tertiary/aromatic N) is 1. The van der Waals surface area contributed by atoms with Crippen LogP contribution in [0.25, 0.3) is 0 Å². The third-order valence-corrected chi connectivity index (χ3v) is 6.61. The molecular weight excluding hydrogens is 324 g/mol. The smallest absolute Gasteiger partial charge is 0.0743 e. The van der Waals surface area contributed by atoms with Crippen LogP contribution in [0.15, 0.2) is 30.3 Å². The van der Waals surface area contributed by atoms with Crippen molar-refractivity contribution in [2.75, 3.05) is 13.2 Å². The first-order valence-electron chi connectivity index (χ1n) is 10.3. The summed E-state index contributed by atoms with van der Waals surface area (Å²) in [6.07, 6.45) is 5.99. The summed E-state index contributed by atoms with van der Waals surface area (Å²) in [7, 11) is 0. The largest absolute Gasteiger partial charge is 0.389 e. The molecule has 1 aromatic rings. The van der Waals surface area contributed by atoms with E-state index in [1.165, 1.54) is 18.4 Å². The molecule has 3 rings (SSSR count). The summed E-state index contributed by atoms with van der Waals surface area (Å²) in [5, 5.41) is 10.4. The van der Waals surface area contributed by atoms with Crippen LogP contribution in [0.4, 0.5) is 0 Å². The van der Waals surface area contributed by atoms with Crippen LogP contribution in [-0.2, 0) is 4.74 Å². The maximum absolute atomic E-state index is 10.4. The highest BCUT2D eigenvalue weighted by Crippen LogP contribution is 2.34. The van der Waals surface area contributed by atoms with E-state index in [0.29, 0.717) is 18.6 Å². The van der Waals surface area contributed by atoms with Crippen LogP contribution >= 0.6 is 0 Å². The van der Waals surface area contributed by atoms with Crippen LogP contribution in [0.3, 0.4) is 0 Å². The molecule has 1 aliphatic heterocycles. The van der Waals surface area contributed by atoms with Crippen LogP contribution in [0, 0.1) is 0 Å². The Balaban J connectivity index is 1.49. The number of aliphatic hydroxyl groups is 1. The van der Waals surface area contributed by atoms with Crippen molar-refractivity contribution in [2.24, 2.45) is 5.73 Å². The van der Waals surface area contributed by atoms with Gasteiger partial charge in [0.15, 0.2) is 0 Å². The van der Waals surface area contributed by atoms with Gasteiger partial charge in [0.1, 0.15) is 0 Å². The molecular formula is C22H36N2O2. The molecule has 1 aliphatic carbocycles. The molecule has 1 heterocycles. The fraction of sp³-hybridized carbons (Fsp3) is 0.727. The van der Waals surface area contributed by atoms with E-state index in [2.05, 4.69) is 42.2 Å². The molecule has 2 fully saturated rings. The average Bonchev–Trinajstić information content (AvgIpc) is 3.00. The summed E-state index contributed by atoms with van der Waals surface area (Å²) in [6.45, 7) is 7.48. The molecule has 0 bridgehead atoms. The summed E-state index contributed by atoms with van der Waals surface area (Å²) in [6, 6.07) is 11.3. The van der Waals surface area contributed by atoms with Gasteiger partial charge in [-0.05, 0) is 64.4 Å². The highest BCUT2D eigenvalue weighted by molar-refractivity contribution is 5.19. The van der Waals surface area contributed by atoms with Crippen LogP contribution in [0.2, 0.25) is 0 Å². The summed E-state index contributed by atoms with van der Waals surface area (Å²) in [5.74, 6) is 0.677. The number of rotatable bonds is 6. The lowest BCUT2D eigenvalue weighted by atomic mass is 9.83. The van der Waals surface area contributed by atoms with E-state index in [4.69, 9.17) is 10.5 Å². The first-order chi connectivity index (χ1) is 12.4. The van der Waals surface area contributed by atoms with Gasteiger partial charge in [0, 0.05) is 24.7 Å². The van der Waals surface area contributed by atoms with Crippen LogP contribution in [-0.4, -0.2) is 53.0 Å². The molecule has 146 valence electrons. The van der Waals surface area contributed by atoms with E-state index in [1.807, 2.05) is 13.8 Å². The first-order valence-corrected chi connectivity index (χ1v) is 10.3. The van der Waals surface area contributed by atoms with Crippen molar-refractivity contribution in [3.05, 3.63) is 35.9 Å². The quantitative estimate of drug-likeness (QED) is 0.817. The lowest BCUT2D eigenvalue weighted by molar-refractivity contribution is -0.0498. The van der Waals surface area contributed by atoms with Gasteiger partial charge in [-0.25, -0.2) is 0 Å². The Kier molecular flexibility index (Phi) is 6.39. The number of benzene rings is 1. The third-order valence-electron chi connectivity index (χ3n) is 6.61. The molecule has 2 aliphatic rings. The van der Waals surface area contributed by atoms with Crippen LogP contribution in [0.1, 0.15) is 64.4 Å². The third kappa shape index (κ3) is 4.66. The topological polar surface area (TPSA) is 58.7 Å². The maximum Gasteiger partial charge on any atom is 0.0743 e. The highest BCUT2D eigenvalue weighted by atomic mass is 16.5. The Morgan fingerprint density at radius 2 is 1.81 bits per heavy atom. The summed E-state index contributed by atoms with van der Waals surface area (Å²) in [5.41, 5.74) is 7.10. The lowest BCUT2D eigenvalue weighted by Crippen LogP contribution is -2.53. The Hall–Kier alpha value is -0.940. The minimum Gasteiger partial charge on any atom is -0.389 e. The van der Waals surface area contributed by atoms with E-state index in [1.54, 1.807) is 0 Å². The number of likely N-dealkylation sites (tertiary alicyclic amines) is 1. The molecule has 1 aromatic carbocycles. The summed E-state index contributed by atoms with van der Waals surface area (Å²) < 4.78 is 6.31. The van der Waals surface area contributed by atoms with Crippen molar-refractivity contribution in [1.29, 1.82) is 0 Å². The minimum absolute atomic E-state index is 0.0819. The van der Waals surface area contributed by atoms with E-state index < -0.39 is 5.60 Å². The van der Waals surface area contributed by atoms with Gasteiger partial charge >= 0.3 is 0 Å². The van der Waals surface area contributed by atoms with Gasteiger partial charge in [-0.2, -0.15) is 0 Å². The standard InChI is InChI=1S/C22H36N2O2/c1-16(22(2,3)25)24-14-13-20(23)21(24)15-26-19-11-9-18(10-12-19)17-7-5-4-6-8-17/h4-8,16,18-21,25H,9-15,23H2,1-3H3. The zero-order valence-corrected chi connectivity index (χ0v) is 16.6. The van der Waals surface area contributed by atoms with E-state index >= 15 is 0 Å². The molecule has 0 radical (unpaired) electrons. The second kappa shape index (κ2) is 8.39. The number of hydrogen-bond donors (Lipinski definition) is 2. The summed E-state index contributed by atoms with van der Waals surface area (Å²) in [4.78, 5) is 2.35. The molecule has 1 saturated heterocycles. The first kappa shape index (κ1) is 19.8. The van der Waals surface area contributed by atoms with Gasteiger partial charge in [-0.1, -0.05) is 30.3 Å². The molecule has 4 nitrogen and oxygen atoms in total. The number of ether oxygens (including phenoxy) is 1. The fourth-order valence-electron chi connectivity index (χ4n) is 4.53. The molecule has 0 amide bonds. The van der Waals surface area contributed by atoms with Crippen molar-refractivity contribution >= 4 is 0 Å². The molecule has 3 atom stereocenters. The Labute approximate surface area is 158 Å². The van der Waals surface area contributed by atoms with Crippen LogP contribution in [0.5, 0.6) is 0 Å². The lowest BCUT2D eigenvalue weighted by Gasteiger charge is -2.39. The monoisotopic (exact) mass is 360 g/mol. The highest BCUT2D eigenvalue weighted by Gasteiger charge is 2.40. The van der Waals surface area contributed by atoms with E-state index in [0.717, 1.165) is 25.8 Å². The molecule has 3 N–H and O–H groups in total. The second-order valence-electron chi connectivity index (χ2n) is 8.80. The van der Waals surface area contributed by atoms with Gasteiger partial charge in [-0.15, -0.1) is 0 Å². The predicted molar refractivity (Wildman–Crippen MR) is 106 cm³/mol. The average molecular weight is 361 g/mol. The normalized spacial score (nSPS) is 31.9. The Morgan fingerprint density at radius 3 is 2.42 bits per heavy atom. The van der Waals surface area contributed by atoms with Gasteiger partial charge in [0.05, 0.1) is 18.3 Å². The van der Waals surface area contributed by atoms with Crippen molar-refractivity contribution in [3.63, 3.8) is 0 Å². The van der Waals surface area contributed by atoms with Crippen molar-refractivity contribution < 1.29 is 9.84 Å². The number of nitrogens with two attached hydrogens (primary N) is 1. The van der Waals surface area contributed by atoms with Gasteiger partial charge in [-0.3, -0.25) is 4.90 Å². The minimum atomic E-state index is -0.726. The Bertz CT molecular complexity index is 549. The van der Waals surface area contributed by atoms with Crippen LogP contribution < -0.4 is 5.73 Å². The molecule has 1 saturated carbocycles. The fourth-order valence-corrected chi connectivity index (χ4v) is 4.53. The molecule has 0 spiro atoms. The molecule has 26 heavy (non-hydrogen) atoms. The van der Waals surface area contributed by atoms with Crippen molar-refractivity contribution in [3.8, 4) is 0 Å². The predicted octanol–water partition coefficient (Wildman–Crippen LogP) is 3.29. The summed E-state index contributed by atoms with van der Waals surface area (Å²) >= 11 is 0. The maximum atomic E-state index is 10.4. The van der Waals surface area contributed by atoms with Gasteiger partial charge in [0.2, 0.25) is 0 Å². The zero-order valence-electron chi connectivity index (χ0n) is 16.6. The second-order valence-corrected chi connectivity index (χ2v) is 8.80. The number of hydrogen-bond acceptors (Lipinski definition) is 4. The molecule has 3 unspecified atom stereocenters. The molecule has 4 heteroatoms. The van der Waals surface area contributed by atoms with E-state index in [9.17, 15) is 5.11 Å². The molecule has 0 aromatic heterocycles. The Morgan fingerprint density at radius 1 is 1.15 bits per heavy atom. The van der Waals surface area contributed by atoms with Crippen molar-refractivity contribution in [1.82, 2.24) is 4.90 Å². The SMILES string of the molecule is CC(N1CCC(N)C1COC1CCC(c2ccccc2)CC1)C(C)(C)O.